The molecule has 0 amide bonds. The van der Waals surface area contributed by atoms with Crippen LogP contribution in [0.25, 0.3) is 10.1 Å². The highest BCUT2D eigenvalue weighted by Gasteiger charge is 2.08. The van der Waals surface area contributed by atoms with E-state index in [0.717, 1.165) is 20.5 Å². The number of thiophene rings is 1. The minimum Gasteiger partial charge on any atom is -0.392 e. The van der Waals surface area contributed by atoms with Gasteiger partial charge in [0.05, 0.1) is 13.2 Å². The van der Waals surface area contributed by atoms with E-state index in [4.69, 9.17) is 10.2 Å². The minimum absolute atomic E-state index is 0.0000926. The Balaban J connectivity index is 2.73. The van der Waals surface area contributed by atoms with E-state index in [1.165, 1.54) is 11.3 Å². The third kappa shape index (κ3) is 1.35. The van der Waals surface area contributed by atoms with Gasteiger partial charge in [-0.2, -0.15) is 0 Å². The Kier molecular flexibility index (Phi) is 2.31. The lowest BCUT2D eigenvalue weighted by molar-refractivity contribution is 0.264. The molecule has 2 rings (SSSR count). The maximum atomic E-state index is 9.13. The largest absolute Gasteiger partial charge is 0.392 e. The standard InChI is InChI=1S/C10H10O2S/c11-5-8-7-3-1-2-4-9(7)13-10(8)6-12/h1-4,11-12H,5-6H2. The van der Waals surface area contributed by atoms with Crippen molar-refractivity contribution < 1.29 is 10.2 Å². The Morgan fingerprint density at radius 3 is 2.54 bits per heavy atom. The number of hydrogen-bond donors (Lipinski definition) is 2. The molecule has 0 aliphatic rings. The van der Waals surface area contributed by atoms with Crippen LogP contribution in [0.4, 0.5) is 0 Å². The number of fused-ring (bicyclic) bond motifs is 1. The summed E-state index contributed by atoms with van der Waals surface area (Å²) in [5, 5.41) is 19.2. The van der Waals surface area contributed by atoms with Gasteiger partial charge in [-0.25, -0.2) is 0 Å². The molecule has 0 bridgehead atoms. The quantitative estimate of drug-likeness (QED) is 0.766. The van der Waals surface area contributed by atoms with Crippen LogP contribution in [0.1, 0.15) is 10.4 Å². The SMILES string of the molecule is OCc1sc2ccccc2c1CO. The second-order valence-electron chi connectivity index (χ2n) is 2.82. The van der Waals surface area contributed by atoms with Crippen LogP contribution in [-0.4, -0.2) is 10.2 Å². The predicted molar refractivity (Wildman–Crippen MR) is 53.7 cm³/mol. The van der Waals surface area contributed by atoms with Gasteiger partial charge in [-0.15, -0.1) is 11.3 Å². The molecule has 0 spiro atoms. The molecule has 0 atom stereocenters. The predicted octanol–water partition coefficient (Wildman–Crippen LogP) is 1.89. The topological polar surface area (TPSA) is 40.5 Å². The van der Waals surface area contributed by atoms with Crippen LogP contribution in [0.5, 0.6) is 0 Å². The number of aliphatic hydroxyl groups is 2. The van der Waals surface area contributed by atoms with Gasteiger partial charge in [0, 0.05) is 15.1 Å². The minimum atomic E-state index is -0.0000926. The van der Waals surface area contributed by atoms with E-state index in [9.17, 15) is 0 Å². The summed E-state index contributed by atoms with van der Waals surface area (Å²) < 4.78 is 1.12. The highest BCUT2D eigenvalue weighted by Crippen LogP contribution is 2.30. The number of hydrogen-bond acceptors (Lipinski definition) is 3. The van der Waals surface area contributed by atoms with Crippen molar-refractivity contribution in [2.24, 2.45) is 0 Å². The fourth-order valence-corrected chi connectivity index (χ4v) is 2.53. The van der Waals surface area contributed by atoms with Crippen molar-refractivity contribution >= 4 is 21.4 Å². The lowest BCUT2D eigenvalue weighted by Crippen LogP contribution is -1.87. The third-order valence-corrected chi connectivity index (χ3v) is 3.28. The molecule has 3 heteroatoms. The van der Waals surface area contributed by atoms with Crippen LogP contribution in [0, 0.1) is 0 Å². The Labute approximate surface area is 80.1 Å². The summed E-state index contributed by atoms with van der Waals surface area (Å²) in [6, 6.07) is 7.87. The molecule has 0 aliphatic carbocycles. The van der Waals surface area contributed by atoms with Crippen molar-refractivity contribution in [1.82, 2.24) is 0 Å². The van der Waals surface area contributed by atoms with Crippen molar-refractivity contribution in [3.63, 3.8) is 0 Å². The lowest BCUT2D eigenvalue weighted by Gasteiger charge is -1.95. The number of aliphatic hydroxyl groups excluding tert-OH is 2. The second-order valence-corrected chi connectivity index (χ2v) is 3.95. The molecule has 2 aromatic rings. The molecule has 0 radical (unpaired) electrons. The highest BCUT2D eigenvalue weighted by molar-refractivity contribution is 7.19. The lowest BCUT2D eigenvalue weighted by atomic mass is 10.1. The zero-order chi connectivity index (χ0) is 9.26. The molecule has 0 unspecified atom stereocenters. The Hall–Kier alpha value is -0.900. The van der Waals surface area contributed by atoms with Gasteiger partial charge in [-0.05, 0) is 11.5 Å². The number of rotatable bonds is 2. The van der Waals surface area contributed by atoms with E-state index in [0.29, 0.717) is 0 Å². The van der Waals surface area contributed by atoms with Crippen molar-refractivity contribution in [3.8, 4) is 0 Å². The summed E-state index contributed by atoms with van der Waals surface area (Å²) in [5.41, 5.74) is 0.864. The van der Waals surface area contributed by atoms with E-state index in [2.05, 4.69) is 0 Å². The van der Waals surface area contributed by atoms with Gasteiger partial charge >= 0.3 is 0 Å². The van der Waals surface area contributed by atoms with Crippen LogP contribution < -0.4 is 0 Å². The maximum absolute atomic E-state index is 9.13. The third-order valence-electron chi connectivity index (χ3n) is 2.08. The van der Waals surface area contributed by atoms with Gasteiger partial charge in [-0.3, -0.25) is 0 Å². The molecule has 0 fully saturated rings. The van der Waals surface area contributed by atoms with E-state index >= 15 is 0 Å². The molecule has 0 aliphatic heterocycles. The van der Waals surface area contributed by atoms with Crippen molar-refractivity contribution in [3.05, 3.63) is 34.7 Å². The van der Waals surface area contributed by atoms with Gasteiger partial charge in [-0.1, -0.05) is 18.2 Å². The summed E-state index contributed by atoms with van der Waals surface area (Å²) in [5.74, 6) is 0. The molecule has 0 saturated carbocycles. The van der Waals surface area contributed by atoms with Crippen LogP contribution in [0.2, 0.25) is 0 Å². The number of benzene rings is 1. The zero-order valence-corrected chi connectivity index (χ0v) is 7.84. The summed E-state index contributed by atoms with van der Waals surface area (Å²) in [7, 11) is 0. The summed E-state index contributed by atoms with van der Waals surface area (Å²) in [6.07, 6.45) is 0. The summed E-state index contributed by atoms with van der Waals surface area (Å²) in [6.45, 7) is 0.00907. The normalized spacial score (nSPS) is 10.9. The van der Waals surface area contributed by atoms with E-state index < -0.39 is 0 Å². The molecule has 13 heavy (non-hydrogen) atoms. The van der Waals surface area contributed by atoms with E-state index in [1.54, 1.807) is 0 Å². The Morgan fingerprint density at radius 1 is 1.08 bits per heavy atom. The van der Waals surface area contributed by atoms with Crippen LogP contribution in [0.15, 0.2) is 24.3 Å². The van der Waals surface area contributed by atoms with Gasteiger partial charge in [0.15, 0.2) is 0 Å². The maximum Gasteiger partial charge on any atom is 0.0778 e. The highest BCUT2D eigenvalue weighted by atomic mass is 32.1. The average molecular weight is 194 g/mol. The first-order valence-corrected chi connectivity index (χ1v) is 4.89. The van der Waals surface area contributed by atoms with Crippen molar-refractivity contribution in [2.45, 2.75) is 13.2 Å². The summed E-state index contributed by atoms with van der Waals surface area (Å²) in [4.78, 5) is 0.865. The van der Waals surface area contributed by atoms with Gasteiger partial charge in [0.2, 0.25) is 0 Å². The molecular weight excluding hydrogens is 184 g/mol. The molecule has 1 aromatic carbocycles. The second kappa shape index (κ2) is 3.46. The molecule has 68 valence electrons. The van der Waals surface area contributed by atoms with Crippen LogP contribution in [-0.2, 0) is 13.2 Å². The molecular formula is C10H10O2S. The van der Waals surface area contributed by atoms with Gasteiger partial charge in [0.25, 0.3) is 0 Å². The van der Waals surface area contributed by atoms with Crippen LogP contribution in [0.3, 0.4) is 0 Å². The zero-order valence-electron chi connectivity index (χ0n) is 7.03. The average Bonchev–Trinajstić information content (AvgIpc) is 2.55. The molecule has 2 N–H and O–H groups in total. The monoisotopic (exact) mass is 194 g/mol. The van der Waals surface area contributed by atoms with Gasteiger partial charge in [0.1, 0.15) is 0 Å². The fraction of sp³-hybridized carbons (Fsp3) is 0.200. The fourth-order valence-electron chi connectivity index (χ4n) is 1.45. The van der Waals surface area contributed by atoms with Crippen LogP contribution >= 0.6 is 11.3 Å². The first kappa shape index (κ1) is 8.69. The Morgan fingerprint density at radius 2 is 1.85 bits per heavy atom. The first-order valence-electron chi connectivity index (χ1n) is 4.08. The van der Waals surface area contributed by atoms with E-state index in [1.807, 2.05) is 24.3 Å². The molecule has 1 aromatic heterocycles. The summed E-state index contributed by atoms with van der Waals surface area (Å²) >= 11 is 1.54. The smallest absolute Gasteiger partial charge is 0.0778 e. The van der Waals surface area contributed by atoms with Crippen molar-refractivity contribution in [1.29, 1.82) is 0 Å². The van der Waals surface area contributed by atoms with Crippen molar-refractivity contribution in [2.75, 3.05) is 0 Å². The molecule has 0 saturated heterocycles. The van der Waals surface area contributed by atoms with E-state index in [-0.39, 0.29) is 13.2 Å². The van der Waals surface area contributed by atoms with Gasteiger partial charge < -0.3 is 10.2 Å². The molecule has 2 nitrogen and oxygen atoms in total. The Bertz CT molecular complexity index is 420. The first-order chi connectivity index (χ1) is 6.36. The molecule has 1 heterocycles.